The van der Waals surface area contributed by atoms with Crippen LogP contribution < -0.4 is 4.74 Å². The number of aliphatic hydroxyl groups excluding tert-OH is 2. The van der Waals surface area contributed by atoms with Gasteiger partial charge in [0.2, 0.25) is 0 Å². The van der Waals surface area contributed by atoms with Crippen LogP contribution >= 0.6 is 0 Å². The fourth-order valence-electron chi connectivity index (χ4n) is 3.55. The number of hydrogen-bond acceptors (Lipinski definition) is 9. The molecule has 1 saturated heterocycles. The van der Waals surface area contributed by atoms with Crippen molar-refractivity contribution < 1.29 is 39.3 Å². The number of likely N-dealkylation sites (tertiary alicyclic amines) is 1. The number of carbonyl (C=O) groups excluding carboxylic acids is 2. The summed E-state index contributed by atoms with van der Waals surface area (Å²) < 4.78 is 10.4. The molecule has 0 bridgehead atoms. The molecule has 0 aromatic heterocycles. The van der Waals surface area contributed by atoms with Crippen LogP contribution in [-0.2, 0) is 14.3 Å². The Hall–Kier alpha value is -3.96. The molecule has 1 aliphatic heterocycles. The van der Waals surface area contributed by atoms with Gasteiger partial charge in [0, 0.05) is 24.2 Å². The third-order valence-corrected chi connectivity index (χ3v) is 5.12. The van der Waals surface area contributed by atoms with Gasteiger partial charge in [0.05, 0.1) is 43.5 Å². The number of phenols is 1. The average Bonchev–Trinajstić information content (AvgIpc) is 3.06. The number of methoxy groups -OCH3 is 1. The van der Waals surface area contributed by atoms with Crippen molar-refractivity contribution in [2.75, 3.05) is 33.5 Å². The lowest BCUT2D eigenvalue weighted by Gasteiger charge is -2.25. The molecule has 174 valence electrons. The molecule has 3 rings (SSSR count). The molecule has 33 heavy (non-hydrogen) atoms. The smallest absolute Gasteiger partial charge is 0.295 e. The maximum absolute atomic E-state index is 12.9. The monoisotopic (exact) mass is 458 g/mol. The Morgan fingerprint density at radius 2 is 1.85 bits per heavy atom. The van der Waals surface area contributed by atoms with Crippen molar-refractivity contribution in [2.24, 2.45) is 0 Å². The summed E-state index contributed by atoms with van der Waals surface area (Å²) in [6, 6.07) is 8.13. The molecule has 0 spiro atoms. The average molecular weight is 458 g/mol. The topological polar surface area (TPSA) is 160 Å². The molecule has 1 amide bonds. The Balaban J connectivity index is 2.10. The summed E-state index contributed by atoms with van der Waals surface area (Å²) in [5.41, 5.74) is 0.0805. The number of Topliss-reactive ketones (excluding diaryl/α,β-unsaturated/α-hetero) is 1. The van der Waals surface area contributed by atoms with Crippen LogP contribution in [0.5, 0.6) is 11.5 Å². The van der Waals surface area contributed by atoms with E-state index in [1.54, 1.807) is 0 Å². The number of nitro benzene ring substituents is 1. The van der Waals surface area contributed by atoms with Gasteiger partial charge >= 0.3 is 0 Å². The molecule has 2 aromatic carbocycles. The molecule has 11 nitrogen and oxygen atoms in total. The quantitative estimate of drug-likeness (QED) is 0.127. The summed E-state index contributed by atoms with van der Waals surface area (Å²) in [5.74, 6) is -2.36. The second-order valence-corrected chi connectivity index (χ2v) is 7.06. The van der Waals surface area contributed by atoms with Gasteiger partial charge in [-0.1, -0.05) is 6.07 Å². The first-order valence-corrected chi connectivity index (χ1v) is 9.88. The number of nitro groups is 1. The zero-order valence-electron chi connectivity index (χ0n) is 17.6. The molecule has 0 radical (unpaired) electrons. The van der Waals surface area contributed by atoms with Crippen molar-refractivity contribution in [3.63, 3.8) is 0 Å². The van der Waals surface area contributed by atoms with E-state index < -0.39 is 28.4 Å². The number of ether oxygens (including phenoxy) is 2. The summed E-state index contributed by atoms with van der Waals surface area (Å²) in [7, 11) is 1.34. The molecule has 0 saturated carbocycles. The van der Waals surface area contributed by atoms with Gasteiger partial charge in [-0.15, -0.1) is 0 Å². The first kappa shape index (κ1) is 23.7. The maximum Gasteiger partial charge on any atom is 0.295 e. The van der Waals surface area contributed by atoms with E-state index in [0.29, 0.717) is 5.56 Å². The van der Waals surface area contributed by atoms with Crippen LogP contribution in [0.15, 0.2) is 48.0 Å². The van der Waals surface area contributed by atoms with Crippen LogP contribution in [0.2, 0.25) is 0 Å². The van der Waals surface area contributed by atoms with E-state index in [1.165, 1.54) is 54.5 Å². The lowest BCUT2D eigenvalue weighted by Crippen LogP contribution is -2.33. The number of carbonyl (C=O) groups is 2. The molecule has 3 N–H and O–H groups in total. The number of non-ortho nitro benzene ring substituents is 1. The Labute approximate surface area is 188 Å². The van der Waals surface area contributed by atoms with E-state index in [4.69, 9.17) is 14.6 Å². The number of benzene rings is 2. The summed E-state index contributed by atoms with van der Waals surface area (Å²) in [4.78, 5) is 37.3. The molecule has 2 aromatic rings. The highest BCUT2D eigenvalue weighted by molar-refractivity contribution is 6.46. The zero-order valence-corrected chi connectivity index (χ0v) is 17.6. The van der Waals surface area contributed by atoms with Gasteiger partial charge < -0.3 is 29.7 Å². The number of rotatable bonds is 9. The summed E-state index contributed by atoms with van der Waals surface area (Å²) in [5, 5.41) is 40.7. The molecule has 0 unspecified atom stereocenters. The van der Waals surface area contributed by atoms with Crippen molar-refractivity contribution in [2.45, 2.75) is 6.04 Å². The maximum atomic E-state index is 12.9. The van der Waals surface area contributed by atoms with E-state index in [9.17, 15) is 29.9 Å². The predicted octanol–water partition coefficient (Wildman–Crippen LogP) is 1.74. The fourth-order valence-corrected chi connectivity index (χ4v) is 3.55. The number of aromatic hydroxyl groups is 1. The van der Waals surface area contributed by atoms with Crippen LogP contribution in [0.4, 0.5) is 5.69 Å². The van der Waals surface area contributed by atoms with Gasteiger partial charge in [-0.3, -0.25) is 19.7 Å². The van der Waals surface area contributed by atoms with Gasteiger partial charge in [0.25, 0.3) is 17.4 Å². The number of ketones is 1. The van der Waals surface area contributed by atoms with Crippen LogP contribution in [0.25, 0.3) is 5.76 Å². The van der Waals surface area contributed by atoms with E-state index >= 15 is 0 Å². The standard InChI is InChI=1S/C22H22N2O9/c1-32-17-12-14(4-7-16(17)26)19-18(20(27)13-2-5-15(6-3-13)24(30)31)21(28)22(29)23(19)8-10-33-11-9-25/h2-7,12,19,25-27H,8-11H2,1H3/t19-/m1/s1. The number of phenolic OH excluding ortho intramolecular Hbond substituents is 1. The molecular weight excluding hydrogens is 436 g/mol. The van der Waals surface area contributed by atoms with Crippen LogP contribution in [0.1, 0.15) is 17.2 Å². The third kappa shape index (κ3) is 4.78. The zero-order chi connectivity index (χ0) is 24.1. The lowest BCUT2D eigenvalue weighted by atomic mass is 9.95. The highest BCUT2D eigenvalue weighted by Gasteiger charge is 2.46. The Kier molecular flexibility index (Phi) is 7.26. The van der Waals surface area contributed by atoms with Crippen LogP contribution in [0.3, 0.4) is 0 Å². The first-order chi connectivity index (χ1) is 15.8. The van der Waals surface area contributed by atoms with Gasteiger partial charge in [-0.25, -0.2) is 0 Å². The van der Waals surface area contributed by atoms with E-state index in [0.717, 1.165) is 0 Å². The minimum atomic E-state index is -1.03. The molecule has 1 heterocycles. The highest BCUT2D eigenvalue weighted by atomic mass is 16.6. The van der Waals surface area contributed by atoms with Crippen molar-refractivity contribution in [3.05, 3.63) is 69.3 Å². The summed E-state index contributed by atoms with van der Waals surface area (Å²) in [6.45, 7) is -0.158. The minimum absolute atomic E-state index is 0.0184. The molecule has 11 heteroatoms. The van der Waals surface area contributed by atoms with Crippen molar-refractivity contribution in [3.8, 4) is 11.5 Å². The fraction of sp³-hybridized carbons (Fsp3) is 0.273. The van der Waals surface area contributed by atoms with Gasteiger partial charge in [-0.2, -0.15) is 0 Å². The van der Waals surface area contributed by atoms with Crippen molar-refractivity contribution >= 4 is 23.1 Å². The van der Waals surface area contributed by atoms with Crippen molar-refractivity contribution in [1.29, 1.82) is 0 Å². The van der Waals surface area contributed by atoms with E-state index in [1.807, 2.05) is 0 Å². The van der Waals surface area contributed by atoms with Crippen LogP contribution in [-0.4, -0.2) is 70.3 Å². The summed E-state index contributed by atoms with van der Waals surface area (Å²) >= 11 is 0. The minimum Gasteiger partial charge on any atom is -0.507 e. The second-order valence-electron chi connectivity index (χ2n) is 7.06. The SMILES string of the molecule is COc1cc([C@@H]2C(=C(O)c3ccc([N+](=O)[O-])cc3)C(=O)C(=O)N2CCOCCO)ccc1O. The highest BCUT2D eigenvalue weighted by Crippen LogP contribution is 2.41. The van der Waals surface area contributed by atoms with Crippen molar-refractivity contribution in [1.82, 2.24) is 4.90 Å². The number of aliphatic hydroxyl groups is 2. The Morgan fingerprint density at radius 3 is 2.45 bits per heavy atom. The van der Waals surface area contributed by atoms with Gasteiger partial charge in [0.1, 0.15) is 5.76 Å². The Bertz CT molecular complexity index is 1100. The predicted molar refractivity (Wildman–Crippen MR) is 115 cm³/mol. The van der Waals surface area contributed by atoms with Crippen LogP contribution in [0, 0.1) is 10.1 Å². The molecule has 1 atom stereocenters. The molecule has 1 aliphatic rings. The third-order valence-electron chi connectivity index (χ3n) is 5.12. The van der Waals surface area contributed by atoms with E-state index in [2.05, 4.69) is 0 Å². The summed E-state index contributed by atoms with van der Waals surface area (Å²) in [6.07, 6.45) is 0. The Morgan fingerprint density at radius 1 is 1.15 bits per heavy atom. The van der Waals surface area contributed by atoms with E-state index in [-0.39, 0.29) is 54.7 Å². The number of amides is 1. The largest absolute Gasteiger partial charge is 0.507 e. The van der Waals surface area contributed by atoms with Gasteiger partial charge in [-0.05, 0) is 29.8 Å². The number of nitrogens with zero attached hydrogens (tertiary/aromatic N) is 2. The molecule has 0 aliphatic carbocycles. The first-order valence-electron chi connectivity index (χ1n) is 9.88. The molecular formula is C22H22N2O9. The van der Waals surface area contributed by atoms with Gasteiger partial charge in [0.15, 0.2) is 11.5 Å². The normalized spacial score (nSPS) is 17.4. The molecule has 1 fully saturated rings. The number of hydrogen-bond donors (Lipinski definition) is 3. The second kappa shape index (κ2) is 10.1. The lowest BCUT2D eigenvalue weighted by molar-refractivity contribution is -0.384.